The van der Waals surface area contributed by atoms with Crippen LogP contribution in [-0.4, -0.2) is 12.5 Å². The van der Waals surface area contributed by atoms with E-state index >= 15 is 0 Å². The number of carbonyl (C=O) groups excluding carboxylic acids is 1. The first-order chi connectivity index (χ1) is 13.3. The van der Waals surface area contributed by atoms with Crippen LogP contribution in [0.2, 0.25) is 0 Å². The molecule has 0 unspecified atom stereocenters. The minimum absolute atomic E-state index is 0.0696. The number of benzene rings is 2. The molecule has 4 nitrogen and oxygen atoms in total. The van der Waals surface area contributed by atoms with Gasteiger partial charge in [-0.2, -0.15) is 5.26 Å². The minimum Gasteiger partial charge on any atom is -0.494 e. The fourth-order valence-corrected chi connectivity index (χ4v) is 2.92. The lowest BCUT2D eigenvalue weighted by Gasteiger charge is -2.16. The van der Waals surface area contributed by atoms with Crippen molar-refractivity contribution >= 4 is 17.7 Å². The molecule has 0 fully saturated rings. The van der Waals surface area contributed by atoms with Gasteiger partial charge in [0.2, 0.25) is 0 Å². The van der Waals surface area contributed by atoms with Crippen molar-refractivity contribution in [1.82, 2.24) is 0 Å². The number of nitrogens with one attached hydrogen (secondary N) is 1. The Morgan fingerprint density at radius 2 is 1.86 bits per heavy atom. The van der Waals surface area contributed by atoms with E-state index in [1.54, 1.807) is 6.08 Å². The maximum absolute atomic E-state index is 12.6. The average molecular weight is 377 g/mol. The summed E-state index contributed by atoms with van der Waals surface area (Å²) in [5.74, 6) is 0.708. The van der Waals surface area contributed by atoms with Crippen LogP contribution in [0.5, 0.6) is 5.75 Å². The molecule has 0 aromatic heterocycles. The van der Waals surface area contributed by atoms with Crippen molar-refractivity contribution in [1.29, 1.82) is 5.26 Å². The van der Waals surface area contributed by atoms with Crippen LogP contribution in [-0.2, 0) is 4.79 Å². The Morgan fingerprint density at radius 1 is 1.14 bits per heavy atom. The number of anilines is 1. The maximum atomic E-state index is 12.6. The molecular weight excluding hydrogens is 348 g/mol. The summed E-state index contributed by atoms with van der Waals surface area (Å²) in [7, 11) is 0. The third-order valence-corrected chi connectivity index (χ3v) is 4.75. The van der Waals surface area contributed by atoms with Crippen LogP contribution >= 0.6 is 0 Å². The molecule has 0 bridgehead atoms. The summed E-state index contributed by atoms with van der Waals surface area (Å²) in [4.78, 5) is 12.6. The average Bonchev–Trinajstić information content (AvgIpc) is 2.64. The van der Waals surface area contributed by atoms with Gasteiger partial charge >= 0.3 is 0 Å². The molecule has 1 N–H and O–H groups in total. The molecular formula is C24H28N2O2. The van der Waals surface area contributed by atoms with Crippen LogP contribution < -0.4 is 10.1 Å². The second-order valence-electron chi connectivity index (χ2n) is 7.26. The van der Waals surface area contributed by atoms with Crippen LogP contribution in [0.15, 0.2) is 35.9 Å². The topological polar surface area (TPSA) is 62.1 Å². The Balaban J connectivity index is 2.37. The number of amides is 1. The standard InChI is InChI=1S/C24H28N2O2/c1-7-28-23-11-18(6)19(13-22(23)15(2)3)12-20(14-25)24(27)26-21-9-8-16(4)17(5)10-21/h8-13,15H,7H2,1-6H3,(H,26,27)/b20-12+. The van der Waals surface area contributed by atoms with E-state index in [1.165, 1.54) is 0 Å². The molecule has 2 aromatic rings. The molecule has 0 radical (unpaired) electrons. The van der Waals surface area contributed by atoms with Crippen molar-refractivity contribution in [2.24, 2.45) is 0 Å². The number of carbonyl (C=O) groups is 1. The highest BCUT2D eigenvalue weighted by Crippen LogP contribution is 2.31. The molecule has 0 aliphatic rings. The van der Waals surface area contributed by atoms with E-state index in [9.17, 15) is 10.1 Å². The van der Waals surface area contributed by atoms with Crippen molar-refractivity contribution in [2.75, 3.05) is 11.9 Å². The lowest BCUT2D eigenvalue weighted by Crippen LogP contribution is -2.13. The Morgan fingerprint density at radius 3 is 2.43 bits per heavy atom. The maximum Gasteiger partial charge on any atom is 0.266 e. The number of nitrogens with zero attached hydrogens (tertiary/aromatic N) is 1. The van der Waals surface area contributed by atoms with Gasteiger partial charge in [0.25, 0.3) is 5.91 Å². The molecule has 1 amide bonds. The van der Waals surface area contributed by atoms with Crippen molar-refractivity contribution in [2.45, 2.75) is 47.5 Å². The monoisotopic (exact) mass is 376 g/mol. The van der Waals surface area contributed by atoms with E-state index in [-0.39, 0.29) is 11.5 Å². The first kappa shape index (κ1) is 21.2. The van der Waals surface area contributed by atoms with Crippen LogP contribution in [0.25, 0.3) is 6.08 Å². The zero-order valence-electron chi connectivity index (χ0n) is 17.5. The van der Waals surface area contributed by atoms with Gasteiger partial charge < -0.3 is 10.1 Å². The van der Waals surface area contributed by atoms with E-state index < -0.39 is 5.91 Å². The summed E-state index contributed by atoms with van der Waals surface area (Å²) in [6.07, 6.45) is 1.65. The van der Waals surface area contributed by atoms with Gasteiger partial charge in [-0.15, -0.1) is 0 Å². The van der Waals surface area contributed by atoms with Gasteiger partial charge in [-0.3, -0.25) is 4.79 Å². The van der Waals surface area contributed by atoms with Crippen LogP contribution in [0.4, 0.5) is 5.69 Å². The van der Waals surface area contributed by atoms with E-state index in [0.29, 0.717) is 12.3 Å². The van der Waals surface area contributed by atoms with Crippen molar-refractivity contribution in [3.8, 4) is 11.8 Å². The Kier molecular flexibility index (Phi) is 7.00. The van der Waals surface area contributed by atoms with E-state index in [2.05, 4.69) is 19.2 Å². The minimum atomic E-state index is -0.412. The Labute approximate surface area is 167 Å². The number of hydrogen-bond donors (Lipinski definition) is 1. The van der Waals surface area contributed by atoms with Crippen LogP contribution in [0, 0.1) is 32.1 Å². The number of hydrogen-bond acceptors (Lipinski definition) is 3. The highest BCUT2D eigenvalue weighted by atomic mass is 16.5. The predicted molar refractivity (Wildman–Crippen MR) is 115 cm³/mol. The number of ether oxygens (including phenoxy) is 1. The predicted octanol–water partition coefficient (Wildman–Crippen LogP) is 5.68. The molecule has 0 heterocycles. The summed E-state index contributed by atoms with van der Waals surface area (Å²) in [5.41, 5.74) is 5.86. The molecule has 4 heteroatoms. The zero-order valence-corrected chi connectivity index (χ0v) is 17.5. The summed E-state index contributed by atoms with van der Waals surface area (Å²) in [6, 6.07) is 11.7. The van der Waals surface area contributed by atoms with Crippen molar-refractivity contribution in [3.63, 3.8) is 0 Å². The highest BCUT2D eigenvalue weighted by Gasteiger charge is 2.14. The Hall–Kier alpha value is -3.06. The van der Waals surface area contributed by atoms with Gasteiger partial charge in [-0.05, 0) is 91.8 Å². The molecule has 0 aliphatic carbocycles. The van der Waals surface area contributed by atoms with Crippen molar-refractivity contribution in [3.05, 3.63) is 63.7 Å². The fraction of sp³-hybridized carbons (Fsp3) is 0.333. The van der Waals surface area contributed by atoms with Gasteiger partial charge in [-0.25, -0.2) is 0 Å². The summed E-state index contributed by atoms with van der Waals surface area (Å²) in [5, 5.41) is 12.4. The molecule has 2 rings (SSSR count). The van der Waals surface area contributed by atoms with Gasteiger partial charge in [0, 0.05) is 5.69 Å². The normalized spacial score (nSPS) is 11.3. The smallest absolute Gasteiger partial charge is 0.266 e. The SMILES string of the molecule is CCOc1cc(C)c(/C=C(\C#N)C(=O)Nc2ccc(C)c(C)c2)cc1C(C)C. The van der Waals surface area contributed by atoms with Crippen LogP contribution in [0.1, 0.15) is 54.5 Å². The molecule has 146 valence electrons. The summed E-state index contributed by atoms with van der Waals surface area (Å²) in [6.45, 7) is 12.7. The number of nitriles is 1. The van der Waals surface area contributed by atoms with E-state index in [4.69, 9.17) is 4.74 Å². The third-order valence-electron chi connectivity index (χ3n) is 4.75. The summed E-state index contributed by atoms with van der Waals surface area (Å²) < 4.78 is 5.75. The first-order valence-corrected chi connectivity index (χ1v) is 9.54. The van der Waals surface area contributed by atoms with Gasteiger partial charge in [-0.1, -0.05) is 19.9 Å². The quantitative estimate of drug-likeness (QED) is 0.521. The highest BCUT2D eigenvalue weighted by molar-refractivity contribution is 6.09. The molecule has 0 saturated heterocycles. The molecule has 28 heavy (non-hydrogen) atoms. The fourth-order valence-electron chi connectivity index (χ4n) is 2.92. The third kappa shape index (κ3) is 5.01. The van der Waals surface area contributed by atoms with E-state index in [1.807, 2.05) is 64.1 Å². The number of aryl methyl sites for hydroxylation is 3. The van der Waals surface area contributed by atoms with Gasteiger partial charge in [0.05, 0.1) is 6.61 Å². The molecule has 0 spiro atoms. The first-order valence-electron chi connectivity index (χ1n) is 9.54. The Bertz CT molecular complexity index is 950. The largest absolute Gasteiger partial charge is 0.494 e. The molecule has 2 aromatic carbocycles. The van der Waals surface area contributed by atoms with Crippen LogP contribution in [0.3, 0.4) is 0 Å². The van der Waals surface area contributed by atoms with E-state index in [0.717, 1.165) is 33.6 Å². The van der Waals surface area contributed by atoms with Gasteiger partial charge in [0.1, 0.15) is 17.4 Å². The second kappa shape index (κ2) is 9.23. The lowest BCUT2D eigenvalue weighted by atomic mass is 9.95. The number of rotatable bonds is 6. The molecule has 0 saturated carbocycles. The second-order valence-corrected chi connectivity index (χ2v) is 7.26. The zero-order chi connectivity index (χ0) is 20.8. The summed E-state index contributed by atoms with van der Waals surface area (Å²) >= 11 is 0. The molecule has 0 atom stereocenters. The van der Waals surface area contributed by atoms with Crippen molar-refractivity contribution < 1.29 is 9.53 Å². The van der Waals surface area contributed by atoms with Gasteiger partial charge in [0.15, 0.2) is 0 Å². The molecule has 0 aliphatic heterocycles. The lowest BCUT2D eigenvalue weighted by molar-refractivity contribution is -0.112.